The molecule has 1 aromatic carbocycles. The van der Waals surface area contributed by atoms with Gasteiger partial charge in [-0.2, -0.15) is 0 Å². The van der Waals surface area contributed by atoms with Crippen LogP contribution in [0.15, 0.2) is 23.1 Å². The van der Waals surface area contributed by atoms with Gasteiger partial charge in [-0.05, 0) is 30.2 Å². The van der Waals surface area contributed by atoms with Crippen LogP contribution in [0.1, 0.15) is 12.5 Å². The van der Waals surface area contributed by atoms with Crippen LogP contribution in [0.2, 0.25) is 0 Å². The average molecular weight is 329 g/mol. The lowest BCUT2D eigenvalue weighted by atomic mass is 10.1. The van der Waals surface area contributed by atoms with Crippen molar-refractivity contribution in [3.63, 3.8) is 0 Å². The van der Waals surface area contributed by atoms with Crippen LogP contribution in [-0.2, 0) is 21.2 Å². The molecule has 1 saturated heterocycles. The van der Waals surface area contributed by atoms with E-state index in [1.807, 2.05) is 6.92 Å². The Morgan fingerprint density at radius 2 is 2.05 bits per heavy atom. The molecule has 1 aliphatic heterocycles. The molecule has 6 nitrogen and oxygen atoms in total. The number of rotatable bonds is 7. The van der Waals surface area contributed by atoms with E-state index in [-0.39, 0.29) is 0 Å². The number of sulfonamides is 1. The minimum absolute atomic E-state index is 0.294. The van der Waals surface area contributed by atoms with Crippen molar-refractivity contribution in [2.75, 3.05) is 46.5 Å². The van der Waals surface area contributed by atoms with Gasteiger partial charge in [-0.25, -0.2) is 13.1 Å². The third-order valence-electron chi connectivity index (χ3n) is 3.91. The molecule has 2 rings (SSSR count). The van der Waals surface area contributed by atoms with Gasteiger partial charge in [0.25, 0.3) is 0 Å². The zero-order valence-electron chi connectivity index (χ0n) is 13.2. The van der Waals surface area contributed by atoms with Crippen molar-refractivity contribution >= 4 is 10.0 Å². The first-order chi connectivity index (χ1) is 10.6. The maximum absolute atomic E-state index is 12.4. The van der Waals surface area contributed by atoms with Crippen LogP contribution < -0.4 is 14.4 Å². The van der Waals surface area contributed by atoms with Crippen molar-refractivity contribution in [2.24, 2.45) is 0 Å². The van der Waals surface area contributed by atoms with Crippen LogP contribution in [0.4, 0.5) is 0 Å². The summed E-state index contributed by atoms with van der Waals surface area (Å²) in [6.45, 7) is 6.56. The lowest BCUT2D eigenvalue weighted by Gasteiger charge is -2.23. The fourth-order valence-corrected chi connectivity index (χ4v) is 3.64. The summed E-state index contributed by atoms with van der Waals surface area (Å²) >= 11 is 0. The summed E-state index contributed by atoms with van der Waals surface area (Å²) < 4.78 is 37.9. The maximum Gasteiger partial charge on any atom is 0.240 e. The summed E-state index contributed by atoms with van der Waals surface area (Å²) in [5.74, 6) is 0.721. The van der Waals surface area contributed by atoms with Gasteiger partial charge in [0.1, 0.15) is 18.8 Å². The molecule has 0 unspecified atom stereocenters. The van der Waals surface area contributed by atoms with Gasteiger partial charge in [0.2, 0.25) is 10.0 Å². The predicted molar refractivity (Wildman–Crippen MR) is 83.9 cm³/mol. The van der Waals surface area contributed by atoms with Crippen LogP contribution in [0.25, 0.3) is 0 Å². The number of aryl methyl sites for hydroxylation is 1. The molecule has 1 fully saturated rings. The number of ether oxygens (including phenoxy) is 2. The first-order valence-corrected chi connectivity index (χ1v) is 9.13. The Morgan fingerprint density at radius 1 is 1.32 bits per heavy atom. The highest BCUT2D eigenvalue weighted by atomic mass is 32.2. The van der Waals surface area contributed by atoms with Crippen molar-refractivity contribution < 1.29 is 22.8 Å². The topological polar surface area (TPSA) is 69.1 Å². The van der Waals surface area contributed by atoms with Crippen molar-refractivity contribution in [3.8, 4) is 5.75 Å². The molecule has 0 amide bonds. The number of nitrogens with one attached hydrogen (secondary N) is 2. The molecule has 22 heavy (non-hydrogen) atoms. The van der Waals surface area contributed by atoms with E-state index in [2.05, 4.69) is 4.72 Å². The monoisotopic (exact) mass is 329 g/mol. The van der Waals surface area contributed by atoms with E-state index in [0.717, 1.165) is 50.6 Å². The fourth-order valence-electron chi connectivity index (χ4n) is 2.55. The van der Waals surface area contributed by atoms with Crippen molar-refractivity contribution in [2.45, 2.75) is 18.2 Å². The SMILES string of the molecule is CCc1cc(S(=O)(=O)NCC[NH+]2CCOCC2)ccc1OC. The summed E-state index contributed by atoms with van der Waals surface area (Å²) in [5.41, 5.74) is 0.893. The van der Waals surface area contributed by atoms with E-state index >= 15 is 0 Å². The number of quaternary nitrogens is 1. The molecule has 0 radical (unpaired) electrons. The molecule has 0 aromatic heterocycles. The van der Waals surface area contributed by atoms with Gasteiger partial charge in [0.05, 0.1) is 38.3 Å². The highest BCUT2D eigenvalue weighted by Crippen LogP contribution is 2.22. The Labute approximate surface area is 132 Å². The second kappa shape index (κ2) is 7.92. The van der Waals surface area contributed by atoms with Crippen LogP contribution in [0, 0.1) is 0 Å². The average Bonchev–Trinajstić information content (AvgIpc) is 2.55. The van der Waals surface area contributed by atoms with Gasteiger partial charge < -0.3 is 14.4 Å². The van der Waals surface area contributed by atoms with E-state index < -0.39 is 10.0 Å². The number of hydrogen-bond donors (Lipinski definition) is 2. The summed E-state index contributed by atoms with van der Waals surface area (Å²) in [4.78, 5) is 1.67. The van der Waals surface area contributed by atoms with E-state index in [0.29, 0.717) is 11.4 Å². The normalized spacial score (nSPS) is 16.6. The molecule has 0 spiro atoms. The van der Waals surface area contributed by atoms with Gasteiger partial charge >= 0.3 is 0 Å². The lowest BCUT2D eigenvalue weighted by molar-refractivity contribution is -0.906. The van der Waals surface area contributed by atoms with Gasteiger partial charge in [0.15, 0.2) is 0 Å². The second-order valence-corrected chi connectivity index (χ2v) is 7.10. The van der Waals surface area contributed by atoms with Gasteiger partial charge in [-0.3, -0.25) is 0 Å². The first-order valence-electron chi connectivity index (χ1n) is 7.64. The molecule has 1 heterocycles. The van der Waals surface area contributed by atoms with Crippen LogP contribution in [0.3, 0.4) is 0 Å². The molecule has 7 heteroatoms. The molecule has 1 aliphatic rings. The standard InChI is InChI=1S/C15H24N2O4S/c1-3-13-12-14(4-5-15(13)20-2)22(18,19)16-6-7-17-8-10-21-11-9-17/h4-5,12,16H,3,6-11H2,1-2H3/p+1. The van der Waals surface area contributed by atoms with Crippen LogP contribution in [0.5, 0.6) is 5.75 Å². The van der Waals surface area contributed by atoms with E-state index in [1.165, 1.54) is 4.90 Å². The van der Waals surface area contributed by atoms with E-state index in [4.69, 9.17) is 9.47 Å². The third-order valence-corrected chi connectivity index (χ3v) is 5.37. The molecular weight excluding hydrogens is 304 g/mol. The maximum atomic E-state index is 12.4. The van der Waals surface area contributed by atoms with Crippen molar-refractivity contribution in [1.29, 1.82) is 0 Å². The van der Waals surface area contributed by atoms with Crippen LogP contribution >= 0.6 is 0 Å². The summed E-state index contributed by atoms with van der Waals surface area (Å²) in [6, 6.07) is 4.98. The molecule has 2 N–H and O–H groups in total. The Hall–Kier alpha value is -1.15. The second-order valence-electron chi connectivity index (χ2n) is 5.34. The smallest absolute Gasteiger partial charge is 0.240 e. The number of benzene rings is 1. The number of methoxy groups -OCH3 is 1. The lowest BCUT2D eigenvalue weighted by Crippen LogP contribution is -3.14. The molecule has 0 saturated carbocycles. The third kappa shape index (κ3) is 4.42. The number of morpholine rings is 1. The molecular formula is C15H25N2O4S+. The summed E-state index contributed by atoms with van der Waals surface area (Å²) in [5, 5.41) is 0. The largest absolute Gasteiger partial charge is 0.496 e. The summed E-state index contributed by atoms with van der Waals surface area (Å²) in [7, 11) is -1.88. The number of hydrogen-bond acceptors (Lipinski definition) is 4. The Bertz CT molecular complexity index is 583. The highest BCUT2D eigenvalue weighted by Gasteiger charge is 2.18. The minimum atomic E-state index is -3.47. The highest BCUT2D eigenvalue weighted by molar-refractivity contribution is 7.89. The quantitative estimate of drug-likeness (QED) is 0.704. The molecule has 0 bridgehead atoms. The fraction of sp³-hybridized carbons (Fsp3) is 0.600. The Balaban J connectivity index is 1.97. The van der Waals surface area contributed by atoms with Gasteiger partial charge in [-0.1, -0.05) is 6.92 Å². The predicted octanol–water partition coefficient (Wildman–Crippen LogP) is -0.549. The Morgan fingerprint density at radius 3 is 2.68 bits per heavy atom. The van der Waals surface area contributed by atoms with Gasteiger partial charge in [-0.15, -0.1) is 0 Å². The molecule has 0 atom stereocenters. The van der Waals surface area contributed by atoms with Crippen molar-refractivity contribution in [1.82, 2.24) is 4.72 Å². The van der Waals surface area contributed by atoms with Gasteiger partial charge in [0, 0.05) is 0 Å². The van der Waals surface area contributed by atoms with E-state index in [1.54, 1.807) is 25.3 Å². The zero-order chi connectivity index (χ0) is 16.0. The van der Waals surface area contributed by atoms with Crippen molar-refractivity contribution in [3.05, 3.63) is 23.8 Å². The molecule has 0 aliphatic carbocycles. The first kappa shape index (κ1) is 17.2. The molecule has 1 aromatic rings. The van der Waals surface area contributed by atoms with Crippen LogP contribution in [-0.4, -0.2) is 54.9 Å². The van der Waals surface area contributed by atoms with E-state index in [9.17, 15) is 8.42 Å². The minimum Gasteiger partial charge on any atom is -0.496 e. The zero-order valence-corrected chi connectivity index (χ0v) is 14.0. The Kier molecular flexibility index (Phi) is 6.19. The molecule has 124 valence electrons. The summed E-state index contributed by atoms with van der Waals surface area (Å²) in [6.07, 6.45) is 0.727.